The summed E-state index contributed by atoms with van der Waals surface area (Å²) in [5, 5.41) is 9.62. The molecule has 0 amide bonds. The number of benzene rings is 1. The van der Waals surface area contributed by atoms with E-state index in [1.165, 1.54) is 0 Å². The number of sulfone groups is 1. The van der Waals surface area contributed by atoms with E-state index in [0.717, 1.165) is 25.9 Å². The number of likely N-dealkylation sites (tertiary alicyclic amines) is 1. The number of hydrogen-bond acceptors (Lipinski definition) is 4. The van der Waals surface area contributed by atoms with Crippen LogP contribution >= 0.6 is 11.6 Å². The highest BCUT2D eigenvalue weighted by Gasteiger charge is 2.21. The summed E-state index contributed by atoms with van der Waals surface area (Å²) in [5.74, 6) is 0.498. The predicted octanol–water partition coefficient (Wildman–Crippen LogP) is 1.82. The first-order valence-corrected chi connectivity index (χ1v) is 8.86. The quantitative estimate of drug-likeness (QED) is 0.900. The van der Waals surface area contributed by atoms with Gasteiger partial charge in [0.15, 0.2) is 9.84 Å². The van der Waals surface area contributed by atoms with Crippen LogP contribution in [-0.2, 0) is 9.84 Å². The minimum Gasteiger partial charge on any atom is -0.396 e. The van der Waals surface area contributed by atoms with Crippen molar-refractivity contribution in [1.82, 2.24) is 4.90 Å². The molecule has 0 unspecified atom stereocenters. The van der Waals surface area contributed by atoms with Gasteiger partial charge in [0.05, 0.1) is 10.6 Å². The fraction of sp³-hybridized carbons (Fsp3) is 0.571. The van der Waals surface area contributed by atoms with Crippen LogP contribution in [0.2, 0.25) is 5.02 Å². The lowest BCUT2D eigenvalue weighted by Crippen LogP contribution is -2.37. The maximum Gasteiger partial charge on any atom is 0.179 e. The van der Waals surface area contributed by atoms with Crippen molar-refractivity contribution in [1.29, 1.82) is 0 Å². The van der Waals surface area contributed by atoms with E-state index in [2.05, 4.69) is 4.90 Å². The van der Waals surface area contributed by atoms with Crippen LogP contribution in [0.3, 0.4) is 0 Å². The summed E-state index contributed by atoms with van der Waals surface area (Å²) in [4.78, 5) is 2.48. The standard InChI is InChI=1S/C14H20ClNO3S/c15-13-1-3-14(4-2-13)20(18,19)10-9-16-7-5-12(11-17)6-8-16/h1-4,12,17H,5-11H2. The summed E-state index contributed by atoms with van der Waals surface area (Å²) < 4.78 is 24.4. The van der Waals surface area contributed by atoms with Gasteiger partial charge >= 0.3 is 0 Å². The molecule has 1 N–H and O–H groups in total. The van der Waals surface area contributed by atoms with E-state index < -0.39 is 9.84 Å². The molecular weight excluding hydrogens is 298 g/mol. The highest BCUT2D eigenvalue weighted by atomic mass is 35.5. The van der Waals surface area contributed by atoms with Crippen LogP contribution in [0.25, 0.3) is 0 Å². The number of rotatable bonds is 5. The smallest absolute Gasteiger partial charge is 0.179 e. The van der Waals surface area contributed by atoms with Crippen molar-refractivity contribution in [2.24, 2.45) is 5.92 Å². The van der Waals surface area contributed by atoms with Gasteiger partial charge in [0.2, 0.25) is 0 Å². The van der Waals surface area contributed by atoms with Gasteiger partial charge in [0.25, 0.3) is 0 Å². The molecule has 0 atom stereocenters. The van der Waals surface area contributed by atoms with Crippen molar-refractivity contribution in [3.8, 4) is 0 Å². The van der Waals surface area contributed by atoms with Gasteiger partial charge in [-0.25, -0.2) is 8.42 Å². The van der Waals surface area contributed by atoms with Gasteiger partial charge in [-0.1, -0.05) is 11.6 Å². The van der Waals surface area contributed by atoms with Crippen molar-refractivity contribution >= 4 is 21.4 Å². The lowest BCUT2D eigenvalue weighted by atomic mass is 9.98. The van der Waals surface area contributed by atoms with Gasteiger partial charge < -0.3 is 10.0 Å². The third-order valence-electron chi connectivity index (χ3n) is 3.81. The zero-order chi connectivity index (χ0) is 14.6. The van der Waals surface area contributed by atoms with Crippen LogP contribution < -0.4 is 0 Å². The second-order valence-corrected chi connectivity index (χ2v) is 7.79. The molecule has 2 rings (SSSR count). The van der Waals surface area contributed by atoms with Gasteiger partial charge in [-0.15, -0.1) is 0 Å². The molecule has 1 aromatic carbocycles. The Morgan fingerprint density at radius 3 is 2.35 bits per heavy atom. The maximum absolute atomic E-state index is 12.2. The van der Waals surface area contributed by atoms with Crippen LogP contribution in [0, 0.1) is 5.92 Å². The van der Waals surface area contributed by atoms with Gasteiger partial charge in [-0.3, -0.25) is 0 Å². The second-order valence-electron chi connectivity index (χ2n) is 5.24. The van der Waals surface area contributed by atoms with Crippen LogP contribution in [0.5, 0.6) is 0 Å². The van der Waals surface area contributed by atoms with Gasteiger partial charge in [0, 0.05) is 18.2 Å². The van der Waals surface area contributed by atoms with E-state index in [4.69, 9.17) is 16.7 Å². The highest BCUT2D eigenvalue weighted by molar-refractivity contribution is 7.91. The molecule has 20 heavy (non-hydrogen) atoms. The monoisotopic (exact) mass is 317 g/mol. The average molecular weight is 318 g/mol. The molecule has 1 aliphatic rings. The fourth-order valence-corrected chi connectivity index (χ4v) is 3.81. The number of piperidine rings is 1. The number of aliphatic hydroxyl groups excluding tert-OH is 1. The minimum atomic E-state index is -3.25. The fourth-order valence-electron chi connectivity index (χ4n) is 2.40. The first-order valence-electron chi connectivity index (χ1n) is 6.83. The third-order valence-corrected chi connectivity index (χ3v) is 5.78. The minimum absolute atomic E-state index is 0.123. The van der Waals surface area contributed by atoms with E-state index in [1.807, 2.05) is 0 Å². The molecule has 0 aliphatic carbocycles. The molecule has 1 saturated heterocycles. The summed E-state index contributed by atoms with van der Waals surface area (Å²) in [5.41, 5.74) is 0. The Morgan fingerprint density at radius 2 is 1.80 bits per heavy atom. The van der Waals surface area contributed by atoms with Crippen LogP contribution in [-0.4, -0.2) is 50.4 Å². The van der Waals surface area contributed by atoms with E-state index in [-0.39, 0.29) is 12.4 Å². The van der Waals surface area contributed by atoms with Crippen molar-refractivity contribution in [2.45, 2.75) is 17.7 Å². The van der Waals surface area contributed by atoms with Gasteiger partial charge in [-0.2, -0.15) is 0 Å². The molecule has 0 saturated carbocycles. The Balaban J connectivity index is 1.88. The zero-order valence-corrected chi connectivity index (χ0v) is 12.9. The predicted molar refractivity (Wildman–Crippen MR) is 79.8 cm³/mol. The van der Waals surface area contributed by atoms with Crippen LogP contribution in [0.4, 0.5) is 0 Å². The van der Waals surface area contributed by atoms with Gasteiger partial charge in [0.1, 0.15) is 0 Å². The number of aliphatic hydroxyl groups is 1. The Kier molecular flexibility index (Phi) is 5.43. The second kappa shape index (κ2) is 6.89. The van der Waals surface area contributed by atoms with E-state index in [1.54, 1.807) is 24.3 Å². The number of hydrogen-bond donors (Lipinski definition) is 1. The molecule has 1 fully saturated rings. The van der Waals surface area contributed by atoms with Crippen molar-refractivity contribution in [3.05, 3.63) is 29.3 Å². The molecule has 0 aromatic heterocycles. The average Bonchev–Trinajstić information content (AvgIpc) is 2.46. The van der Waals surface area contributed by atoms with Crippen LogP contribution in [0.1, 0.15) is 12.8 Å². The molecule has 1 aliphatic heterocycles. The molecular formula is C14H20ClNO3S. The number of halogens is 1. The maximum atomic E-state index is 12.2. The lowest BCUT2D eigenvalue weighted by molar-refractivity contribution is 0.136. The highest BCUT2D eigenvalue weighted by Crippen LogP contribution is 2.18. The van der Waals surface area contributed by atoms with E-state index in [9.17, 15) is 8.42 Å². The first kappa shape index (κ1) is 15.8. The molecule has 0 spiro atoms. The molecule has 4 nitrogen and oxygen atoms in total. The lowest BCUT2D eigenvalue weighted by Gasteiger charge is -2.30. The summed E-state index contributed by atoms with van der Waals surface area (Å²) in [6.45, 7) is 2.50. The molecule has 6 heteroatoms. The molecule has 1 aromatic rings. The molecule has 0 radical (unpaired) electrons. The zero-order valence-electron chi connectivity index (χ0n) is 11.3. The summed E-state index contributed by atoms with van der Waals surface area (Å²) in [7, 11) is -3.25. The number of nitrogens with zero attached hydrogens (tertiary/aromatic N) is 1. The third kappa shape index (κ3) is 4.19. The van der Waals surface area contributed by atoms with E-state index in [0.29, 0.717) is 22.4 Å². The summed E-state index contributed by atoms with van der Waals surface area (Å²) in [6, 6.07) is 6.30. The Bertz CT molecular complexity index is 522. The Labute approximate surface area is 125 Å². The molecule has 1 heterocycles. The normalized spacial score (nSPS) is 18.3. The van der Waals surface area contributed by atoms with Crippen molar-refractivity contribution in [2.75, 3.05) is 32.0 Å². The van der Waals surface area contributed by atoms with Crippen molar-refractivity contribution < 1.29 is 13.5 Å². The first-order chi connectivity index (χ1) is 9.51. The largest absolute Gasteiger partial charge is 0.396 e. The molecule has 0 bridgehead atoms. The van der Waals surface area contributed by atoms with Gasteiger partial charge in [-0.05, 0) is 56.1 Å². The summed E-state index contributed by atoms with van der Waals surface area (Å²) in [6.07, 6.45) is 1.88. The summed E-state index contributed by atoms with van der Waals surface area (Å²) >= 11 is 5.76. The molecule has 112 valence electrons. The van der Waals surface area contributed by atoms with E-state index >= 15 is 0 Å². The SMILES string of the molecule is O=S(=O)(CCN1CCC(CO)CC1)c1ccc(Cl)cc1. The van der Waals surface area contributed by atoms with Crippen molar-refractivity contribution in [3.63, 3.8) is 0 Å². The Hall–Kier alpha value is -0.620. The van der Waals surface area contributed by atoms with Crippen LogP contribution in [0.15, 0.2) is 29.2 Å². The topological polar surface area (TPSA) is 57.6 Å². The Morgan fingerprint density at radius 1 is 1.20 bits per heavy atom.